The lowest BCUT2D eigenvalue weighted by Gasteiger charge is -2.34. The minimum Gasteiger partial charge on any atom is -0.294 e. The van der Waals surface area contributed by atoms with Gasteiger partial charge in [-0.15, -0.1) is 11.3 Å². The molecule has 0 saturated heterocycles. The third kappa shape index (κ3) is 3.30. The highest BCUT2D eigenvalue weighted by Gasteiger charge is 2.23. The van der Waals surface area contributed by atoms with Crippen molar-refractivity contribution in [1.82, 2.24) is 4.90 Å². The number of rotatable bonds is 5. The van der Waals surface area contributed by atoms with E-state index in [0.29, 0.717) is 10.9 Å². The zero-order chi connectivity index (χ0) is 12.3. The van der Waals surface area contributed by atoms with Gasteiger partial charge in [-0.2, -0.15) is 0 Å². The Labute approximate surface area is 106 Å². The number of nitrogens with zero attached hydrogens (tertiary/aromatic N) is 1. The van der Waals surface area contributed by atoms with Crippen molar-refractivity contribution in [3.05, 3.63) is 21.3 Å². The third-order valence-electron chi connectivity index (χ3n) is 3.13. The van der Waals surface area contributed by atoms with Gasteiger partial charge in [0.2, 0.25) is 0 Å². The fourth-order valence-corrected chi connectivity index (χ4v) is 2.21. The van der Waals surface area contributed by atoms with Gasteiger partial charge in [0.1, 0.15) is 0 Å². The van der Waals surface area contributed by atoms with Crippen LogP contribution in [0, 0.1) is 0 Å². The van der Waals surface area contributed by atoms with Crippen molar-refractivity contribution in [3.8, 4) is 0 Å². The van der Waals surface area contributed by atoms with Crippen LogP contribution in [0.5, 0.6) is 0 Å². The fraction of sp³-hybridized carbons (Fsp3) is 0.583. The molecule has 1 rings (SSSR count). The number of carbonyl (C=O) groups is 1. The van der Waals surface area contributed by atoms with E-state index in [2.05, 4.69) is 25.7 Å². The van der Waals surface area contributed by atoms with Gasteiger partial charge < -0.3 is 0 Å². The van der Waals surface area contributed by atoms with Gasteiger partial charge in [-0.1, -0.05) is 18.5 Å². The lowest BCUT2D eigenvalue weighted by atomic mass is 10.00. The molecule has 0 spiro atoms. The maximum absolute atomic E-state index is 11.9. The van der Waals surface area contributed by atoms with E-state index in [1.54, 1.807) is 12.1 Å². The molecule has 90 valence electrons. The van der Waals surface area contributed by atoms with Crippen LogP contribution in [0.25, 0.3) is 0 Å². The standard InChI is InChI=1S/C12H18ClNOS/c1-5-12(2,3)14(4)8-9(15)10-6-7-11(13)16-10/h6-7H,5,8H2,1-4H3. The Balaban J connectivity index is 2.65. The predicted molar refractivity (Wildman–Crippen MR) is 70.7 cm³/mol. The third-order valence-corrected chi connectivity index (χ3v) is 4.40. The number of hydrogen-bond acceptors (Lipinski definition) is 3. The normalized spacial score (nSPS) is 12.1. The zero-order valence-corrected chi connectivity index (χ0v) is 11.8. The van der Waals surface area contributed by atoms with Gasteiger partial charge in [-0.25, -0.2) is 0 Å². The number of halogens is 1. The van der Waals surface area contributed by atoms with Gasteiger partial charge in [0.15, 0.2) is 5.78 Å². The maximum Gasteiger partial charge on any atom is 0.186 e. The number of hydrogen-bond donors (Lipinski definition) is 0. The summed E-state index contributed by atoms with van der Waals surface area (Å²) in [6, 6.07) is 3.56. The number of likely N-dealkylation sites (N-methyl/N-ethyl adjacent to an activating group) is 1. The lowest BCUT2D eigenvalue weighted by Crippen LogP contribution is -2.43. The lowest BCUT2D eigenvalue weighted by molar-refractivity contribution is 0.0851. The molecule has 1 aromatic rings. The molecule has 0 radical (unpaired) electrons. The van der Waals surface area contributed by atoms with Crippen LogP contribution in [0.3, 0.4) is 0 Å². The molecular formula is C12H18ClNOS. The molecule has 0 aliphatic carbocycles. The Hall–Kier alpha value is -0.380. The summed E-state index contributed by atoms with van der Waals surface area (Å²) in [5.41, 5.74) is 0.0523. The van der Waals surface area contributed by atoms with Crippen LogP contribution in [0.4, 0.5) is 0 Å². The summed E-state index contributed by atoms with van der Waals surface area (Å²) in [7, 11) is 1.98. The first-order valence-corrected chi connectivity index (χ1v) is 6.56. The predicted octanol–water partition coefficient (Wildman–Crippen LogP) is 3.70. The molecular weight excluding hydrogens is 242 g/mol. The number of ketones is 1. The fourth-order valence-electron chi connectivity index (χ4n) is 1.24. The van der Waals surface area contributed by atoms with Crippen LogP contribution in [0.1, 0.15) is 36.9 Å². The summed E-state index contributed by atoms with van der Waals surface area (Å²) in [5, 5.41) is 0. The smallest absolute Gasteiger partial charge is 0.186 e. The Kier molecular flexibility index (Phi) is 4.53. The van der Waals surface area contributed by atoms with Crippen LogP contribution in [-0.2, 0) is 0 Å². The van der Waals surface area contributed by atoms with Crippen LogP contribution >= 0.6 is 22.9 Å². The summed E-state index contributed by atoms with van der Waals surface area (Å²) in [5.74, 6) is 0.140. The van der Waals surface area contributed by atoms with E-state index < -0.39 is 0 Å². The quantitative estimate of drug-likeness (QED) is 0.752. The molecule has 0 amide bonds. The summed E-state index contributed by atoms with van der Waals surface area (Å²) < 4.78 is 0.667. The van der Waals surface area contributed by atoms with E-state index in [1.165, 1.54) is 11.3 Å². The van der Waals surface area contributed by atoms with Crippen LogP contribution < -0.4 is 0 Å². The Bertz CT molecular complexity index is 373. The number of Topliss-reactive ketones (excluding diaryl/α,β-unsaturated/α-hetero) is 1. The van der Waals surface area contributed by atoms with Crippen molar-refractivity contribution in [2.75, 3.05) is 13.6 Å². The largest absolute Gasteiger partial charge is 0.294 e. The zero-order valence-electron chi connectivity index (χ0n) is 10.2. The molecule has 1 heterocycles. The topological polar surface area (TPSA) is 20.3 Å². The molecule has 0 N–H and O–H groups in total. The van der Waals surface area contributed by atoms with Gasteiger partial charge in [0.05, 0.1) is 15.8 Å². The Morgan fingerprint density at radius 2 is 2.12 bits per heavy atom. The summed E-state index contributed by atoms with van der Waals surface area (Å²) >= 11 is 7.16. The van der Waals surface area contributed by atoms with Gasteiger partial charge in [0.25, 0.3) is 0 Å². The second-order valence-corrected chi connectivity index (χ2v) is 6.26. The number of thiophene rings is 1. The molecule has 4 heteroatoms. The average Bonchev–Trinajstić information content (AvgIpc) is 2.64. The molecule has 0 atom stereocenters. The summed E-state index contributed by atoms with van der Waals surface area (Å²) in [6.45, 7) is 6.85. The average molecular weight is 260 g/mol. The molecule has 0 aliphatic rings. The van der Waals surface area contributed by atoms with E-state index in [1.807, 2.05) is 7.05 Å². The molecule has 1 aromatic heterocycles. The molecule has 0 saturated carbocycles. The first kappa shape index (κ1) is 13.7. The highest BCUT2D eigenvalue weighted by molar-refractivity contribution is 7.18. The second kappa shape index (κ2) is 5.30. The van der Waals surface area contributed by atoms with E-state index in [4.69, 9.17) is 11.6 Å². The van der Waals surface area contributed by atoms with Crippen molar-refractivity contribution in [1.29, 1.82) is 0 Å². The molecule has 0 fully saturated rings. The first-order chi connectivity index (χ1) is 7.36. The van der Waals surface area contributed by atoms with Gasteiger partial charge in [-0.3, -0.25) is 9.69 Å². The van der Waals surface area contributed by atoms with Crippen LogP contribution in [-0.4, -0.2) is 29.8 Å². The van der Waals surface area contributed by atoms with Crippen molar-refractivity contribution < 1.29 is 4.79 Å². The molecule has 0 aromatic carbocycles. The Morgan fingerprint density at radius 3 is 2.56 bits per heavy atom. The van der Waals surface area contributed by atoms with Crippen molar-refractivity contribution in [2.24, 2.45) is 0 Å². The molecule has 0 aliphatic heterocycles. The SMILES string of the molecule is CCC(C)(C)N(C)CC(=O)c1ccc(Cl)s1. The second-order valence-electron chi connectivity index (χ2n) is 4.55. The Morgan fingerprint density at radius 1 is 1.50 bits per heavy atom. The van der Waals surface area contributed by atoms with Crippen molar-refractivity contribution >= 4 is 28.7 Å². The van der Waals surface area contributed by atoms with E-state index in [0.717, 1.165) is 11.3 Å². The van der Waals surface area contributed by atoms with Crippen LogP contribution in [0.15, 0.2) is 12.1 Å². The van der Waals surface area contributed by atoms with E-state index in [-0.39, 0.29) is 11.3 Å². The molecule has 0 unspecified atom stereocenters. The van der Waals surface area contributed by atoms with Gasteiger partial charge in [0, 0.05) is 5.54 Å². The summed E-state index contributed by atoms with van der Waals surface area (Å²) in [4.78, 5) is 14.8. The maximum atomic E-state index is 11.9. The summed E-state index contributed by atoms with van der Waals surface area (Å²) in [6.07, 6.45) is 1.02. The van der Waals surface area contributed by atoms with Crippen molar-refractivity contribution in [2.45, 2.75) is 32.7 Å². The van der Waals surface area contributed by atoms with Gasteiger partial charge in [-0.05, 0) is 39.4 Å². The highest BCUT2D eigenvalue weighted by atomic mass is 35.5. The minimum absolute atomic E-state index is 0.0523. The molecule has 2 nitrogen and oxygen atoms in total. The highest BCUT2D eigenvalue weighted by Crippen LogP contribution is 2.23. The number of carbonyl (C=O) groups excluding carboxylic acids is 1. The minimum atomic E-state index is 0.0523. The monoisotopic (exact) mass is 259 g/mol. The van der Waals surface area contributed by atoms with E-state index in [9.17, 15) is 4.79 Å². The van der Waals surface area contributed by atoms with Gasteiger partial charge >= 0.3 is 0 Å². The first-order valence-electron chi connectivity index (χ1n) is 5.36. The van der Waals surface area contributed by atoms with Crippen molar-refractivity contribution in [3.63, 3.8) is 0 Å². The van der Waals surface area contributed by atoms with Crippen LogP contribution in [0.2, 0.25) is 4.34 Å². The molecule has 16 heavy (non-hydrogen) atoms. The van der Waals surface area contributed by atoms with E-state index >= 15 is 0 Å². The molecule has 0 bridgehead atoms.